The number of ether oxygens (including phenoxy) is 2. The van der Waals surface area contributed by atoms with Crippen LogP contribution in [0.1, 0.15) is 25.7 Å². The molecule has 1 fully saturated rings. The fraction of sp³-hybridized carbons (Fsp3) is 0.357. The van der Waals surface area contributed by atoms with Crippen LogP contribution in [0.4, 0.5) is 0 Å². The van der Waals surface area contributed by atoms with Gasteiger partial charge in [-0.1, -0.05) is 11.3 Å². The lowest BCUT2D eigenvalue weighted by molar-refractivity contribution is 0.209. The van der Waals surface area contributed by atoms with Crippen molar-refractivity contribution < 1.29 is 9.47 Å². The van der Waals surface area contributed by atoms with Crippen molar-refractivity contribution in [1.82, 2.24) is 4.98 Å². The predicted octanol–water partition coefficient (Wildman–Crippen LogP) is 5.02. The van der Waals surface area contributed by atoms with Crippen LogP contribution in [0.3, 0.4) is 0 Å². The second-order valence-corrected chi connectivity index (χ2v) is 6.23. The van der Waals surface area contributed by atoms with Crippen molar-refractivity contribution in [3.05, 3.63) is 34.2 Å². The standard InChI is InChI=1S/C14H14BrNO2S/c15-12-9-11(17-10-3-1-2-4-10)5-6-13(12)18-14-16-7-8-19-14/h5-10H,1-4H2. The molecule has 1 aromatic carbocycles. The topological polar surface area (TPSA) is 31.4 Å². The van der Waals surface area contributed by atoms with E-state index in [4.69, 9.17) is 9.47 Å². The zero-order valence-electron chi connectivity index (χ0n) is 10.3. The lowest BCUT2D eigenvalue weighted by Gasteiger charge is -2.14. The number of nitrogens with zero attached hydrogens (tertiary/aromatic N) is 1. The van der Waals surface area contributed by atoms with Crippen LogP contribution >= 0.6 is 27.3 Å². The van der Waals surface area contributed by atoms with Gasteiger partial charge < -0.3 is 9.47 Å². The maximum Gasteiger partial charge on any atom is 0.278 e. The highest BCUT2D eigenvalue weighted by molar-refractivity contribution is 9.10. The van der Waals surface area contributed by atoms with Crippen LogP contribution in [0, 0.1) is 0 Å². The van der Waals surface area contributed by atoms with E-state index in [-0.39, 0.29) is 0 Å². The number of aromatic nitrogens is 1. The van der Waals surface area contributed by atoms with Crippen molar-refractivity contribution in [1.29, 1.82) is 0 Å². The monoisotopic (exact) mass is 339 g/mol. The Hall–Kier alpha value is -1.07. The summed E-state index contributed by atoms with van der Waals surface area (Å²) in [5, 5.41) is 2.53. The van der Waals surface area contributed by atoms with Crippen LogP contribution in [-0.2, 0) is 0 Å². The average molecular weight is 340 g/mol. The molecule has 0 unspecified atom stereocenters. The van der Waals surface area contributed by atoms with Gasteiger partial charge in [0.2, 0.25) is 0 Å². The Morgan fingerprint density at radius 3 is 2.79 bits per heavy atom. The van der Waals surface area contributed by atoms with Gasteiger partial charge in [0.1, 0.15) is 11.5 Å². The van der Waals surface area contributed by atoms with E-state index < -0.39 is 0 Å². The molecule has 0 amide bonds. The molecule has 0 bridgehead atoms. The first-order chi connectivity index (χ1) is 9.31. The van der Waals surface area contributed by atoms with Crippen LogP contribution in [-0.4, -0.2) is 11.1 Å². The molecular weight excluding hydrogens is 326 g/mol. The molecule has 1 saturated carbocycles. The summed E-state index contributed by atoms with van der Waals surface area (Å²) >= 11 is 4.99. The molecule has 0 radical (unpaired) electrons. The summed E-state index contributed by atoms with van der Waals surface area (Å²) in [6.07, 6.45) is 6.97. The highest BCUT2D eigenvalue weighted by atomic mass is 79.9. The number of thiazole rings is 1. The fourth-order valence-electron chi connectivity index (χ4n) is 2.19. The Morgan fingerprint density at radius 1 is 1.26 bits per heavy atom. The predicted molar refractivity (Wildman–Crippen MR) is 79.2 cm³/mol. The van der Waals surface area contributed by atoms with Crippen molar-refractivity contribution in [2.75, 3.05) is 0 Å². The van der Waals surface area contributed by atoms with Gasteiger partial charge >= 0.3 is 0 Å². The van der Waals surface area contributed by atoms with E-state index in [1.165, 1.54) is 24.2 Å². The van der Waals surface area contributed by atoms with Crippen molar-refractivity contribution in [2.45, 2.75) is 31.8 Å². The lowest BCUT2D eigenvalue weighted by Crippen LogP contribution is -2.10. The minimum Gasteiger partial charge on any atom is -0.490 e. The van der Waals surface area contributed by atoms with Crippen molar-refractivity contribution in [3.8, 4) is 16.7 Å². The average Bonchev–Trinajstić information content (AvgIpc) is 3.05. The van der Waals surface area contributed by atoms with Crippen LogP contribution in [0.15, 0.2) is 34.2 Å². The molecule has 5 heteroatoms. The molecular formula is C14H14BrNO2S. The van der Waals surface area contributed by atoms with E-state index in [2.05, 4.69) is 20.9 Å². The Labute approximate surface area is 124 Å². The smallest absolute Gasteiger partial charge is 0.278 e. The normalized spacial score (nSPS) is 15.6. The quantitative estimate of drug-likeness (QED) is 0.783. The Bertz CT molecular complexity index is 538. The number of hydrogen-bond acceptors (Lipinski definition) is 4. The number of benzene rings is 1. The highest BCUT2D eigenvalue weighted by Crippen LogP contribution is 2.34. The molecule has 1 aliphatic carbocycles. The Balaban J connectivity index is 1.70. The van der Waals surface area contributed by atoms with Gasteiger partial charge in [-0.25, -0.2) is 4.98 Å². The van der Waals surface area contributed by atoms with Crippen LogP contribution in [0.2, 0.25) is 0 Å². The zero-order valence-corrected chi connectivity index (χ0v) is 12.7. The van der Waals surface area contributed by atoms with Crippen molar-refractivity contribution in [3.63, 3.8) is 0 Å². The molecule has 0 aliphatic heterocycles. The van der Waals surface area contributed by atoms with E-state index in [0.717, 1.165) is 28.8 Å². The third kappa shape index (κ3) is 3.28. The van der Waals surface area contributed by atoms with Crippen LogP contribution in [0.5, 0.6) is 16.7 Å². The zero-order chi connectivity index (χ0) is 13.1. The highest BCUT2D eigenvalue weighted by Gasteiger charge is 2.17. The third-order valence-corrected chi connectivity index (χ3v) is 4.38. The lowest BCUT2D eigenvalue weighted by atomic mass is 10.3. The van der Waals surface area contributed by atoms with Gasteiger partial charge in [0, 0.05) is 11.6 Å². The first-order valence-electron chi connectivity index (χ1n) is 6.35. The largest absolute Gasteiger partial charge is 0.490 e. The number of hydrogen-bond donors (Lipinski definition) is 0. The minimum atomic E-state index is 0.373. The van der Waals surface area contributed by atoms with E-state index in [0.29, 0.717) is 11.3 Å². The molecule has 0 spiro atoms. The molecule has 1 aliphatic rings. The van der Waals surface area contributed by atoms with Gasteiger partial charge in [-0.3, -0.25) is 0 Å². The first-order valence-corrected chi connectivity index (χ1v) is 8.02. The Kier molecular flexibility index (Phi) is 4.03. The molecule has 0 atom stereocenters. The summed E-state index contributed by atoms with van der Waals surface area (Å²) in [5.41, 5.74) is 0. The first kappa shape index (κ1) is 12.9. The second-order valence-electron chi connectivity index (χ2n) is 4.52. The molecule has 3 rings (SSSR count). The molecule has 1 aromatic heterocycles. The molecule has 100 valence electrons. The molecule has 0 saturated heterocycles. The van der Waals surface area contributed by atoms with E-state index in [1.807, 2.05) is 23.6 Å². The van der Waals surface area contributed by atoms with Gasteiger partial charge in [0.25, 0.3) is 5.19 Å². The van der Waals surface area contributed by atoms with Crippen LogP contribution in [0.25, 0.3) is 0 Å². The van der Waals surface area contributed by atoms with E-state index >= 15 is 0 Å². The third-order valence-electron chi connectivity index (χ3n) is 3.12. The van der Waals surface area contributed by atoms with Crippen molar-refractivity contribution >= 4 is 27.3 Å². The van der Waals surface area contributed by atoms with E-state index in [1.54, 1.807) is 6.20 Å². The van der Waals surface area contributed by atoms with Gasteiger partial charge in [-0.2, -0.15) is 0 Å². The van der Waals surface area contributed by atoms with Gasteiger partial charge in [0.05, 0.1) is 10.6 Å². The summed E-state index contributed by atoms with van der Waals surface area (Å²) in [4.78, 5) is 4.10. The Morgan fingerprint density at radius 2 is 2.11 bits per heavy atom. The maximum atomic E-state index is 5.95. The maximum absolute atomic E-state index is 5.95. The minimum absolute atomic E-state index is 0.373. The van der Waals surface area contributed by atoms with Crippen molar-refractivity contribution in [2.24, 2.45) is 0 Å². The van der Waals surface area contributed by atoms with Crippen LogP contribution < -0.4 is 9.47 Å². The second kappa shape index (κ2) is 5.92. The van der Waals surface area contributed by atoms with Gasteiger partial charge in [-0.15, -0.1) is 0 Å². The molecule has 19 heavy (non-hydrogen) atoms. The number of halogens is 1. The van der Waals surface area contributed by atoms with E-state index in [9.17, 15) is 0 Å². The van der Waals surface area contributed by atoms with Gasteiger partial charge in [-0.05, 0) is 59.8 Å². The molecule has 0 N–H and O–H groups in total. The summed E-state index contributed by atoms with van der Waals surface area (Å²) in [6, 6.07) is 5.82. The molecule has 1 heterocycles. The SMILES string of the molecule is Brc1cc(OC2CCCC2)ccc1Oc1nccs1. The summed E-state index contributed by atoms with van der Waals surface area (Å²) in [6.45, 7) is 0. The number of rotatable bonds is 4. The molecule has 3 nitrogen and oxygen atoms in total. The summed E-state index contributed by atoms with van der Waals surface area (Å²) in [7, 11) is 0. The fourth-order valence-corrected chi connectivity index (χ4v) is 3.13. The molecule has 2 aromatic rings. The van der Waals surface area contributed by atoms with Gasteiger partial charge in [0.15, 0.2) is 0 Å². The summed E-state index contributed by atoms with van der Waals surface area (Å²) in [5.74, 6) is 1.65. The summed E-state index contributed by atoms with van der Waals surface area (Å²) < 4.78 is 12.5.